The first-order chi connectivity index (χ1) is 8.78. The number of carbonyl (C=O) groups excluding carboxylic acids is 1. The molecule has 0 bridgehead atoms. The van der Waals surface area contributed by atoms with Crippen LogP contribution in [0, 0.1) is 5.92 Å². The molecule has 0 aromatic heterocycles. The van der Waals surface area contributed by atoms with Crippen molar-refractivity contribution in [3.05, 3.63) is 29.8 Å². The standard InChI is InChI=1S/C15H23NO3/c1-11(2)10-18-13-8-6-12(7-9-13)14(17)16-19-15(3,4)5/h6-9,11H,10H2,1-5H3,(H,16,17). The number of nitrogens with one attached hydrogen (secondary N) is 1. The summed E-state index contributed by atoms with van der Waals surface area (Å²) < 4.78 is 5.55. The number of rotatable bonds is 5. The minimum Gasteiger partial charge on any atom is -0.493 e. The van der Waals surface area contributed by atoms with Crippen LogP contribution in [0.2, 0.25) is 0 Å². The van der Waals surface area contributed by atoms with Gasteiger partial charge in [0.15, 0.2) is 0 Å². The molecule has 0 unspecified atom stereocenters. The van der Waals surface area contributed by atoms with Crippen molar-refractivity contribution in [2.24, 2.45) is 5.92 Å². The Labute approximate surface area is 115 Å². The van der Waals surface area contributed by atoms with Crippen LogP contribution < -0.4 is 10.2 Å². The molecule has 0 atom stereocenters. The Kier molecular flexibility index (Phi) is 5.36. The first-order valence-electron chi connectivity index (χ1n) is 6.49. The molecule has 0 heterocycles. The van der Waals surface area contributed by atoms with Gasteiger partial charge in [0, 0.05) is 5.56 Å². The molecular formula is C15H23NO3. The van der Waals surface area contributed by atoms with Gasteiger partial charge in [-0.05, 0) is 51.0 Å². The fourth-order valence-corrected chi connectivity index (χ4v) is 1.22. The lowest BCUT2D eigenvalue weighted by Gasteiger charge is -2.19. The highest BCUT2D eigenvalue weighted by atomic mass is 16.7. The van der Waals surface area contributed by atoms with Gasteiger partial charge < -0.3 is 4.74 Å². The Morgan fingerprint density at radius 3 is 2.26 bits per heavy atom. The van der Waals surface area contributed by atoms with Crippen molar-refractivity contribution in [3.8, 4) is 5.75 Å². The zero-order chi connectivity index (χ0) is 14.5. The van der Waals surface area contributed by atoms with Crippen LogP contribution in [-0.4, -0.2) is 18.1 Å². The monoisotopic (exact) mass is 265 g/mol. The largest absolute Gasteiger partial charge is 0.493 e. The molecule has 4 nitrogen and oxygen atoms in total. The molecule has 0 aliphatic rings. The second kappa shape index (κ2) is 6.57. The average molecular weight is 265 g/mol. The van der Waals surface area contributed by atoms with Gasteiger partial charge in [-0.25, -0.2) is 5.48 Å². The Balaban J connectivity index is 2.53. The Morgan fingerprint density at radius 2 is 1.79 bits per heavy atom. The van der Waals surface area contributed by atoms with Crippen molar-refractivity contribution in [2.75, 3.05) is 6.61 Å². The van der Waals surface area contributed by atoms with E-state index in [4.69, 9.17) is 9.57 Å². The zero-order valence-electron chi connectivity index (χ0n) is 12.3. The van der Waals surface area contributed by atoms with Gasteiger partial charge in [-0.15, -0.1) is 0 Å². The van der Waals surface area contributed by atoms with Crippen molar-refractivity contribution in [3.63, 3.8) is 0 Å². The lowest BCUT2D eigenvalue weighted by molar-refractivity contribution is -0.0589. The third kappa shape index (κ3) is 6.25. The number of hydroxylamine groups is 1. The van der Waals surface area contributed by atoms with Gasteiger partial charge in [-0.3, -0.25) is 9.63 Å². The normalized spacial score (nSPS) is 11.5. The van der Waals surface area contributed by atoms with E-state index in [0.717, 1.165) is 5.75 Å². The number of benzene rings is 1. The fraction of sp³-hybridized carbons (Fsp3) is 0.533. The quantitative estimate of drug-likeness (QED) is 0.832. The summed E-state index contributed by atoms with van der Waals surface area (Å²) in [5.41, 5.74) is 2.56. The first kappa shape index (κ1) is 15.5. The molecule has 1 rings (SSSR count). The maximum atomic E-state index is 11.8. The number of hydrogen-bond acceptors (Lipinski definition) is 3. The van der Waals surface area contributed by atoms with Crippen molar-refractivity contribution in [1.29, 1.82) is 0 Å². The Hall–Kier alpha value is -1.55. The maximum Gasteiger partial charge on any atom is 0.274 e. The Morgan fingerprint density at radius 1 is 1.21 bits per heavy atom. The van der Waals surface area contributed by atoms with Gasteiger partial charge in [0.05, 0.1) is 12.2 Å². The highest BCUT2D eigenvalue weighted by Crippen LogP contribution is 2.13. The average Bonchev–Trinajstić information content (AvgIpc) is 2.33. The van der Waals surface area contributed by atoms with Gasteiger partial charge in [-0.2, -0.15) is 0 Å². The summed E-state index contributed by atoms with van der Waals surface area (Å²) in [7, 11) is 0. The van der Waals surface area contributed by atoms with E-state index in [-0.39, 0.29) is 5.91 Å². The van der Waals surface area contributed by atoms with Crippen molar-refractivity contribution in [2.45, 2.75) is 40.2 Å². The molecule has 1 N–H and O–H groups in total. The van der Waals surface area contributed by atoms with E-state index in [1.807, 2.05) is 20.8 Å². The van der Waals surface area contributed by atoms with E-state index in [1.165, 1.54) is 0 Å². The summed E-state index contributed by atoms with van der Waals surface area (Å²) >= 11 is 0. The summed E-state index contributed by atoms with van der Waals surface area (Å²) in [6.07, 6.45) is 0. The lowest BCUT2D eigenvalue weighted by Crippen LogP contribution is -2.33. The molecule has 0 radical (unpaired) electrons. The van der Waals surface area contributed by atoms with Crippen molar-refractivity contribution in [1.82, 2.24) is 5.48 Å². The van der Waals surface area contributed by atoms with E-state index in [9.17, 15) is 4.79 Å². The molecule has 4 heteroatoms. The molecule has 1 aromatic carbocycles. The third-order valence-corrected chi connectivity index (χ3v) is 2.15. The minimum atomic E-state index is -0.407. The van der Waals surface area contributed by atoms with E-state index in [0.29, 0.717) is 18.1 Å². The van der Waals surface area contributed by atoms with E-state index in [1.54, 1.807) is 24.3 Å². The Bertz CT molecular complexity index is 404. The molecular weight excluding hydrogens is 242 g/mol. The van der Waals surface area contributed by atoms with Gasteiger partial charge >= 0.3 is 0 Å². The van der Waals surface area contributed by atoms with Crippen molar-refractivity contribution < 1.29 is 14.4 Å². The molecule has 0 aliphatic heterocycles. The highest BCUT2D eigenvalue weighted by Gasteiger charge is 2.13. The summed E-state index contributed by atoms with van der Waals surface area (Å²) in [6.45, 7) is 10.5. The van der Waals surface area contributed by atoms with Crippen LogP contribution in [0.5, 0.6) is 5.75 Å². The second-order valence-electron chi connectivity index (χ2n) is 5.87. The number of carbonyl (C=O) groups is 1. The molecule has 19 heavy (non-hydrogen) atoms. The molecule has 0 fully saturated rings. The predicted molar refractivity (Wildman–Crippen MR) is 75.1 cm³/mol. The third-order valence-electron chi connectivity index (χ3n) is 2.15. The summed E-state index contributed by atoms with van der Waals surface area (Å²) in [4.78, 5) is 17.0. The van der Waals surface area contributed by atoms with Gasteiger partial charge in [0.2, 0.25) is 0 Å². The molecule has 0 saturated carbocycles. The zero-order valence-corrected chi connectivity index (χ0v) is 12.3. The van der Waals surface area contributed by atoms with Gasteiger partial charge in [-0.1, -0.05) is 13.8 Å². The number of hydrogen-bond donors (Lipinski definition) is 1. The maximum absolute atomic E-state index is 11.8. The topological polar surface area (TPSA) is 47.6 Å². The van der Waals surface area contributed by atoms with Crippen LogP contribution in [0.25, 0.3) is 0 Å². The highest BCUT2D eigenvalue weighted by molar-refractivity contribution is 5.93. The summed E-state index contributed by atoms with van der Waals surface area (Å²) in [6, 6.07) is 7.01. The number of ether oxygens (including phenoxy) is 1. The van der Waals surface area contributed by atoms with E-state index < -0.39 is 5.60 Å². The van der Waals surface area contributed by atoms with Crippen LogP contribution in [0.1, 0.15) is 45.0 Å². The molecule has 0 saturated heterocycles. The van der Waals surface area contributed by atoms with Crippen LogP contribution in [0.15, 0.2) is 24.3 Å². The fourth-order valence-electron chi connectivity index (χ4n) is 1.22. The van der Waals surface area contributed by atoms with Crippen LogP contribution in [0.4, 0.5) is 0 Å². The minimum absolute atomic E-state index is 0.259. The first-order valence-corrected chi connectivity index (χ1v) is 6.49. The smallest absolute Gasteiger partial charge is 0.274 e. The van der Waals surface area contributed by atoms with Crippen molar-refractivity contribution >= 4 is 5.91 Å². The molecule has 0 spiro atoms. The van der Waals surface area contributed by atoms with E-state index in [2.05, 4.69) is 19.3 Å². The van der Waals surface area contributed by atoms with Crippen LogP contribution >= 0.6 is 0 Å². The second-order valence-corrected chi connectivity index (χ2v) is 5.87. The molecule has 1 amide bonds. The van der Waals surface area contributed by atoms with Gasteiger partial charge in [0.1, 0.15) is 5.75 Å². The molecule has 1 aromatic rings. The SMILES string of the molecule is CC(C)COc1ccc(C(=O)NOC(C)(C)C)cc1. The number of amides is 1. The lowest BCUT2D eigenvalue weighted by atomic mass is 10.2. The van der Waals surface area contributed by atoms with Crippen LogP contribution in [0.3, 0.4) is 0 Å². The predicted octanol–water partition coefficient (Wildman–Crippen LogP) is 3.18. The molecule has 106 valence electrons. The molecule has 0 aliphatic carbocycles. The van der Waals surface area contributed by atoms with Crippen LogP contribution in [-0.2, 0) is 4.84 Å². The summed E-state index contributed by atoms with van der Waals surface area (Å²) in [5, 5.41) is 0. The van der Waals surface area contributed by atoms with Gasteiger partial charge in [0.25, 0.3) is 5.91 Å². The van der Waals surface area contributed by atoms with E-state index >= 15 is 0 Å². The summed E-state index contributed by atoms with van der Waals surface area (Å²) in [5.74, 6) is 0.982.